The third-order valence-electron chi connectivity index (χ3n) is 5.79. The highest BCUT2D eigenvalue weighted by atomic mass is 35.5. The van der Waals surface area contributed by atoms with Gasteiger partial charge in [-0.05, 0) is 41.5 Å². The third-order valence-corrected chi connectivity index (χ3v) is 6.04. The monoisotopic (exact) mass is 514 g/mol. The van der Waals surface area contributed by atoms with E-state index < -0.39 is 0 Å². The summed E-state index contributed by atoms with van der Waals surface area (Å²) in [6, 6.07) is 24.5. The largest absolute Gasteiger partial charge is 0.485 e. The quantitative estimate of drug-likeness (QED) is 0.299. The molecule has 10 nitrogen and oxygen atoms in total. The molecule has 2 heterocycles. The fraction of sp³-hybridized carbons (Fsp3) is 0.154. The van der Waals surface area contributed by atoms with Crippen molar-refractivity contribution in [2.45, 2.75) is 12.5 Å². The first-order chi connectivity index (χ1) is 18.1. The predicted octanol–water partition coefficient (Wildman–Crippen LogP) is 3.65. The van der Waals surface area contributed by atoms with Crippen LogP contribution in [0.1, 0.15) is 33.2 Å². The van der Waals surface area contributed by atoms with Crippen molar-refractivity contribution >= 4 is 29.2 Å². The van der Waals surface area contributed by atoms with Crippen molar-refractivity contribution in [3.63, 3.8) is 0 Å². The molecule has 0 spiro atoms. The van der Waals surface area contributed by atoms with Crippen LogP contribution < -0.4 is 10.1 Å². The van der Waals surface area contributed by atoms with E-state index in [0.29, 0.717) is 34.7 Å². The molecule has 0 fully saturated rings. The molecule has 1 aromatic heterocycles. The molecule has 1 aliphatic rings. The van der Waals surface area contributed by atoms with Gasteiger partial charge in [-0.25, -0.2) is 5.01 Å². The zero-order valence-electron chi connectivity index (χ0n) is 19.9. The van der Waals surface area contributed by atoms with E-state index in [-0.39, 0.29) is 18.4 Å². The molecule has 3 aromatic carbocycles. The minimum absolute atomic E-state index is 0.0158. The lowest BCUT2D eigenvalue weighted by atomic mass is 9.91. The van der Waals surface area contributed by atoms with Gasteiger partial charge in [-0.15, -0.1) is 10.2 Å². The van der Waals surface area contributed by atoms with E-state index in [2.05, 4.69) is 43.1 Å². The number of carbonyl (C=O) groups is 1. The van der Waals surface area contributed by atoms with E-state index in [0.717, 1.165) is 16.8 Å². The highest BCUT2D eigenvalue weighted by Crippen LogP contribution is 2.29. The number of amides is 1. The molecule has 4 aromatic rings. The molecular formula is C26H23ClN8O2. The Labute approximate surface area is 218 Å². The summed E-state index contributed by atoms with van der Waals surface area (Å²) in [6.45, 7) is 0.642. The number of hydrogen-bond acceptors (Lipinski definition) is 7. The second-order valence-electron chi connectivity index (χ2n) is 8.18. The van der Waals surface area contributed by atoms with Gasteiger partial charge in [-0.1, -0.05) is 65.3 Å². The molecule has 2 N–H and O–H groups in total. The lowest BCUT2D eigenvalue weighted by molar-refractivity contribution is 0.0971. The van der Waals surface area contributed by atoms with Gasteiger partial charge in [-0.2, -0.15) is 10.3 Å². The van der Waals surface area contributed by atoms with Gasteiger partial charge in [0.15, 0.2) is 6.61 Å². The van der Waals surface area contributed by atoms with Crippen LogP contribution in [0.3, 0.4) is 0 Å². The van der Waals surface area contributed by atoms with E-state index in [9.17, 15) is 4.79 Å². The number of nitrogens with one attached hydrogen (secondary N) is 2. The SMILES string of the molecule is CN=C(NC(=O)c1cccc(OCc2nn[nH]n2)c1)N1CC(c2ccccc2)C(c2ccc(Cl)cc2)=N1. The molecule has 37 heavy (non-hydrogen) atoms. The van der Waals surface area contributed by atoms with Crippen LogP contribution in [-0.4, -0.2) is 56.8 Å². The minimum Gasteiger partial charge on any atom is -0.485 e. The first-order valence-electron chi connectivity index (χ1n) is 11.5. The number of aromatic nitrogens is 4. The van der Waals surface area contributed by atoms with Gasteiger partial charge in [0.05, 0.1) is 12.3 Å². The number of nitrogens with zero attached hydrogens (tertiary/aromatic N) is 6. The first kappa shape index (κ1) is 24.1. The highest BCUT2D eigenvalue weighted by molar-refractivity contribution is 6.30. The molecule has 186 valence electrons. The van der Waals surface area contributed by atoms with Gasteiger partial charge in [0.25, 0.3) is 5.91 Å². The number of guanidine groups is 1. The number of H-pyrrole nitrogens is 1. The Balaban J connectivity index is 1.34. The van der Waals surface area contributed by atoms with Crippen LogP contribution in [0.25, 0.3) is 0 Å². The van der Waals surface area contributed by atoms with Crippen molar-refractivity contribution in [2.75, 3.05) is 13.6 Å². The van der Waals surface area contributed by atoms with E-state index in [1.54, 1.807) is 36.3 Å². The van der Waals surface area contributed by atoms with Gasteiger partial charge in [0, 0.05) is 23.6 Å². The zero-order valence-corrected chi connectivity index (χ0v) is 20.6. The number of hydrazone groups is 1. The smallest absolute Gasteiger partial charge is 0.258 e. The van der Waals surface area contributed by atoms with Crippen molar-refractivity contribution in [1.29, 1.82) is 0 Å². The number of benzene rings is 3. The lowest BCUT2D eigenvalue weighted by Crippen LogP contribution is -2.41. The van der Waals surface area contributed by atoms with Crippen LogP contribution in [0.15, 0.2) is 89.0 Å². The van der Waals surface area contributed by atoms with E-state index in [1.807, 2.05) is 42.5 Å². The maximum Gasteiger partial charge on any atom is 0.258 e. The number of aromatic amines is 1. The molecule has 1 amide bonds. The molecule has 5 rings (SSSR count). The maximum absolute atomic E-state index is 13.1. The number of rotatable bonds is 6. The Kier molecular flexibility index (Phi) is 7.18. The average Bonchev–Trinajstić information content (AvgIpc) is 3.62. The van der Waals surface area contributed by atoms with Crippen LogP contribution in [0.5, 0.6) is 5.75 Å². The second-order valence-corrected chi connectivity index (χ2v) is 8.62. The summed E-state index contributed by atoms with van der Waals surface area (Å²) in [5.74, 6) is 0.898. The Morgan fingerprint density at radius 2 is 1.95 bits per heavy atom. The number of halogens is 1. The average molecular weight is 515 g/mol. The van der Waals surface area contributed by atoms with Crippen LogP contribution >= 0.6 is 11.6 Å². The second kappa shape index (κ2) is 11.0. The molecule has 0 saturated heterocycles. The van der Waals surface area contributed by atoms with Crippen molar-refractivity contribution in [2.24, 2.45) is 10.1 Å². The van der Waals surface area contributed by atoms with Gasteiger partial charge in [-0.3, -0.25) is 15.1 Å². The minimum atomic E-state index is -0.336. The zero-order chi connectivity index (χ0) is 25.6. The lowest BCUT2D eigenvalue weighted by Gasteiger charge is -2.18. The summed E-state index contributed by atoms with van der Waals surface area (Å²) in [5.41, 5.74) is 3.35. The summed E-state index contributed by atoms with van der Waals surface area (Å²) in [5, 5.41) is 23.7. The van der Waals surface area contributed by atoms with Gasteiger partial charge < -0.3 is 4.74 Å². The Morgan fingerprint density at radius 1 is 1.14 bits per heavy atom. The summed E-state index contributed by atoms with van der Waals surface area (Å²) in [7, 11) is 1.62. The van der Waals surface area contributed by atoms with Crippen molar-refractivity contribution in [3.8, 4) is 5.75 Å². The van der Waals surface area contributed by atoms with Crippen LogP contribution in [0, 0.1) is 0 Å². The molecular weight excluding hydrogens is 492 g/mol. The van der Waals surface area contributed by atoms with Crippen LogP contribution in [0.2, 0.25) is 5.02 Å². The predicted molar refractivity (Wildman–Crippen MR) is 140 cm³/mol. The molecule has 0 saturated carbocycles. The molecule has 1 unspecified atom stereocenters. The Hall–Kier alpha value is -4.57. The molecule has 1 aliphatic heterocycles. The summed E-state index contributed by atoms with van der Waals surface area (Å²) < 4.78 is 5.67. The molecule has 0 radical (unpaired) electrons. The van der Waals surface area contributed by atoms with Crippen molar-refractivity contribution < 1.29 is 9.53 Å². The van der Waals surface area contributed by atoms with E-state index in [4.69, 9.17) is 21.4 Å². The van der Waals surface area contributed by atoms with E-state index >= 15 is 0 Å². The Morgan fingerprint density at radius 3 is 2.68 bits per heavy atom. The summed E-state index contributed by atoms with van der Waals surface area (Å²) >= 11 is 6.11. The fourth-order valence-electron chi connectivity index (χ4n) is 3.99. The van der Waals surface area contributed by atoms with Crippen molar-refractivity contribution in [1.82, 2.24) is 30.9 Å². The number of aliphatic imine (C=N–C) groups is 1. The topological polar surface area (TPSA) is 121 Å². The van der Waals surface area contributed by atoms with Crippen molar-refractivity contribution in [3.05, 3.63) is 106 Å². The van der Waals surface area contributed by atoms with Gasteiger partial charge in [0.2, 0.25) is 11.8 Å². The van der Waals surface area contributed by atoms with Gasteiger partial charge >= 0.3 is 0 Å². The fourth-order valence-corrected chi connectivity index (χ4v) is 4.12. The summed E-state index contributed by atoms with van der Waals surface area (Å²) in [4.78, 5) is 17.4. The number of ether oxygens (including phenoxy) is 1. The van der Waals surface area contributed by atoms with E-state index in [1.165, 1.54) is 0 Å². The normalized spacial score (nSPS) is 15.4. The number of carbonyl (C=O) groups excluding carboxylic acids is 1. The Bertz CT molecular complexity index is 1420. The van der Waals surface area contributed by atoms with Crippen LogP contribution in [-0.2, 0) is 6.61 Å². The standard InChI is InChI=1S/C26H23ClN8O2/c1-28-26(29-25(36)19-8-5-9-21(14-19)37-16-23-30-33-34-31-23)35-15-22(17-6-3-2-4-7-17)24(32-35)18-10-12-20(27)13-11-18/h2-14,22H,15-16H2,1H3,(H,28,29,36)(H,30,31,33,34). The molecule has 0 aliphatic carbocycles. The highest BCUT2D eigenvalue weighted by Gasteiger charge is 2.32. The molecule has 0 bridgehead atoms. The summed E-state index contributed by atoms with van der Waals surface area (Å²) in [6.07, 6.45) is 0. The van der Waals surface area contributed by atoms with Gasteiger partial charge in [0.1, 0.15) is 5.75 Å². The third kappa shape index (κ3) is 5.65. The number of tetrazole rings is 1. The molecule has 11 heteroatoms. The van der Waals surface area contributed by atoms with Crippen LogP contribution in [0.4, 0.5) is 0 Å². The maximum atomic E-state index is 13.1. The number of hydrogen-bond donors (Lipinski definition) is 2. The first-order valence-corrected chi connectivity index (χ1v) is 11.9. The molecule has 1 atom stereocenters.